The molecular formula is C11H12ClFN2O. The van der Waals surface area contributed by atoms with E-state index < -0.39 is 11.7 Å². The Kier molecular flexibility index (Phi) is 4.43. The molecule has 1 N–H and O–H groups in total. The predicted octanol–water partition coefficient (Wildman–Crippen LogP) is 2.57. The number of aromatic nitrogens is 1. The van der Waals surface area contributed by atoms with Crippen LogP contribution in [-0.4, -0.2) is 16.9 Å². The molecule has 0 fully saturated rings. The molecule has 0 spiro atoms. The maximum Gasteiger partial charge on any atom is 0.254 e. The largest absolute Gasteiger partial charge is 0.349 e. The normalized spacial score (nSPS) is 11.9. The number of halogens is 2. The number of pyridine rings is 1. The summed E-state index contributed by atoms with van der Waals surface area (Å²) in [5, 5.41) is 2.65. The maximum atomic E-state index is 12.9. The summed E-state index contributed by atoms with van der Waals surface area (Å²) in [6, 6.07) is 0.981. The molecule has 1 aromatic rings. The molecule has 0 aliphatic rings. The first-order valence-corrected chi connectivity index (χ1v) is 5.15. The van der Waals surface area contributed by atoms with Crippen LogP contribution in [0.15, 0.2) is 24.9 Å². The van der Waals surface area contributed by atoms with Crippen molar-refractivity contribution >= 4 is 17.5 Å². The second kappa shape index (κ2) is 5.61. The second-order valence-corrected chi connectivity index (χ2v) is 3.75. The Morgan fingerprint density at radius 3 is 3.12 bits per heavy atom. The smallest absolute Gasteiger partial charge is 0.254 e. The van der Waals surface area contributed by atoms with E-state index in [-0.39, 0.29) is 16.8 Å². The van der Waals surface area contributed by atoms with Gasteiger partial charge in [-0.25, -0.2) is 9.37 Å². The molecule has 0 saturated carbocycles. The molecule has 0 aliphatic carbocycles. The van der Waals surface area contributed by atoms with Crippen molar-refractivity contribution in [1.82, 2.24) is 10.3 Å². The molecular weight excluding hydrogens is 231 g/mol. The molecule has 86 valence electrons. The Bertz CT molecular complexity index is 409. The minimum atomic E-state index is -0.592. The van der Waals surface area contributed by atoms with Gasteiger partial charge in [0.05, 0.1) is 11.8 Å². The van der Waals surface area contributed by atoms with E-state index in [9.17, 15) is 9.18 Å². The van der Waals surface area contributed by atoms with E-state index in [1.807, 2.05) is 6.92 Å². The zero-order valence-corrected chi connectivity index (χ0v) is 9.59. The lowest BCUT2D eigenvalue weighted by atomic mass is 10.2. The molecule has 0 saturated heterocycles. The van der Waals surface area contributed by atoms with Crippen LogP contribution in [-0.2, 0) is 0 Å². The number of carbonyl (C=O) groups is 1. The van der Waals surface area contributed by atoms with Gasteiger partial charge in [-0.05, 0) is 19.4 Å². The number of nitrogens with one attached hydrogen (secondary N) is 1. The first-order chi connectivity index (χ1) is 7.54. The highest BCUT2D eigenvalue weighted by molar-refractivity contribution is 6.32. The highest BCUT2D eigenvalue weighted by Crippen LogP contribution is 2.13. The van der Waals surface area contributed by atoms with E-state index in [2.05, 4.69) is 16.9 Å². The molecule has 1 amide bonds. The fourth-order valence-electron chi connectivity index (χ4n) is 1.19. The fourth-order valence-corrected chi connectivity index (χ4v) is 1.38. The molecule has 5 heteroatoms. The van der Waals surface area contributed by atoms with Crippen molar-refractivity contribution < 1.29 is 9.18 Å². The van der Waals surface area contributed by atoms with Crippen molar-refractivity contribution in [2.45, 2.75) is 19.4 Å². The third kappa shape index (κ3) is 3.31. The molecule has 3 nitrogen and oxygen atoms in total. The molecule has 1 aromatic heterocycles. The van der Waals surface area contributed by atoms with Gasteiger partial charge in [0.1, 0.15) is 11.0 Å². The van der Waals surface area contributed by atoms with E-state index in [0.717, 1.165) is 12.3 Å². The summed E-state index contributed by atoms with van der Waals surface area (Å²) in [7, 11) is 0. The van der Waals surface area contributed by atoms with Crippen LogP contribution in [0.25, 0.3) is 0 Å². The summed E-state index contributed by atoms with van der Waals surface area (Å²) in [4.78, 5) is 15.2. The van der Waals surface area contributed by atoms with Crippen LogP contribution < -0.4 is 5.32 Å². The average Bonchev–Trinajstić information content (AvgIpc) is 2.21. The number of rotatable bonds is 4. The van der Waals surface area contributed by atoms with Gasteiger partial charge < -0.3 is 5.32 Å². The minimum Gasteiger partial charge on any atom is -0.349 e. The third-order valence-electron chi connectivity index (χ3n) is 1.95. The van der Waals surface area contributed by atoms with Crippen LogP contribution in [0.3, 0.4) is 0 Å². The number of carbonyl (C=O) groups excluding carboxylic acids is 1. The Balaban J connectivity index is 2.80. The predicted molar refractivity (Wildman–Crippen MR) is 60.9 cm³/mol. The molecule has 0 radical (unpaired) electrons. The number of hydrogen-bond acceptors (Lipinski definition) is 2. The molecule has 0 aromatic carbocycles. The van der Waals surface area contributed by atoms with E-state index >= 15 is 0 Å². The lowest BCUT2D eigenvalue weighted by Gasteiger charge is -2.12. The van der Waals surface area contributed by atoms with Gasteiger partial charge in [-0.2, -0.15) is 0 Å². The summed E-state index contributed by atoms with van der Waals surface area (Å²) in [6.07, 6.45) is 3.29. The lowest BCUT2D eigenvalue weighted by molar-refractivity contribution is 0.0940. The Labute approximate surface area is 98.3 Å². The monoisotopic (exact) mass is 242 g/mol. The van der Waals surface area contributed by atoms with E-state index in [0.29, 0.717) is 6.42 Å². The second-order valence-electron chi connectivity index (χ2n) is 3.39. The van der Waals surface area contributed by atoms with Crippen molar-refractivity contribution in [1.29, 1.82) is 0 Å². The van der Waals surface area contributed by atoms with Gasteiger partial charge in [0.2, 0.25) is 0 Å². The summed E-state index contributed by atoms with van der Waals surface area (Å²) in [6.45, 7) is 5.38. The van der Waals surface area contributed by atoms with Gasteiger partial charge in [-0.1, -0.05) is 17.7 Å². The minimum absolute atomic E-state index is 0.00953. The SMILES string of the molecule is C=CCC(C)NC(=O)c1cc(F)cnc1Cl. The van der Waals surface area contributed by atoms with Gasteiger partial charge in [-0.3, -0.25) is 4.79 Å². The van der Waals surface area contributed by atoms with Crippen LogP contribution >= 0.6 is 11.6 Å². The van der Waals surface area contributed by atoms with E-state index in [1.54, 1.807) is 6.08 Å². The molecule has 0 aliphatic heterocycles. The molecule has 1 rings (SSSR count). The van der Waals surface area contributed by atoms with E-state index in [1.165, 1.54) is 0 Å². The molecule has 16 heavy (non-hydrogen) atoms. The highest BCUT2D eigenvalue weighted by Gasteiger charge is 2.14. The molecule has 1 heterocycles. The number of nitrogens with zero attached hydrogens (tertiary/aromatic N) is 1. The number of amides is 1. The van der Waals surface area contributed by atoms with Crippen molar-refractivity contribution in [3.05, 3.63) is 41.5 Å². The summed E-state index contributed by atoms with van der Waals surface area (Å²) in [5.41, 5.74) is 0.0394. The third-order valence-corrected chi connectivity index (χ3v) is 2.25. The van der Waals surface area contributed by atoms with Gasteiger partial charge in [0, 0.05) is 6.04 Å². The molecule has 0 bridgehead atoms. The van der Waals surface area contributed by atoms with Crippen LogP contribution in [0.2, 0.25) is 5.15 Å². The van der Waals surface area contributed by atoms with Crippen molar-refractivity contribution in [2.24, 2.45) is 0 Å². The topological polar surface area (TPSA) is 42.0 Å². The molecule has 1 unspecified atom stereocenters. The van der Waals surface area contributed by atoms with Gasteiger partial charge in [0.25, 0.3) is 5.91 Å². The average molecular weight is 243 g/mol. The highest BCUT2D eigenvalue weighted by atomic mass is 35.5. The Morgan fingerprint density at radius 2 is 2.50 bits per heavy atom. The zero-order valence-electron chi connectivity index (χ0n) is 8.84. The summed E-state index contributed by atoms with van der Waals surface area (Å²) >= 11 is 5.69. The molecule has 1 atom stereocenters. The quantitative estimate of drug-likeness (QED) is 0.651. The van der Waals surface area contributed by atoms with Gasteiger partial charge >= 0.3 is 0 Å². The van der Waals surface area contributed by atoms with Gasteiger partial charge in [0.15, 0.2) is 0 Å². The maximum absolute atomic E-state index is 12.9. The Hall–Kier alpha value is -1.42. The first kappa shape index (κ1) is 12.6. The number of hydrogen-bond donors (Lipinski definition) is 1. The zero-order chi connectivity index (χ0) is 12.1. The van der Waals surface area contributed by atoms with Crippen LogP contribution in [0.4, 0.5) is 4.39 Å². The lowest BCUT2D eigenvalue weighted by Crippen LogP contribution is -2.32. The van der Waals surface area contributed by atoms with E-state index in [4.69, 9.17) is 11.6 Å². The summed E-state index contributed by atoms with van der Waals surface area (Å²) < 4.78 is 12.9. The fraction of sp³-hybridized carbons (Fsp3) is 0.273. The van der Waals surface area contributed by atoms with Crippen molar-refractivity contribution in [3.63, 3.8) is 0 Å². The first-order valence-electron chi connectivity index (χ1n) is 4.77. The van der Waals surface area contributed by atoms with Crippen LogP contribution in [0.1, 0.15) is 23.7 Å². The van der Waals surface area contributed by atoms with Crippen LogP contribution in [0, 0.1) is 5.82 Å². The van der Waals surface area contributed by atoms with Crippen molar-refractivity contribution in [2.75, 3.05) is 0 Å². The Morgan fingerprint density at radius 1 is 1.81 bits per heavy atom. The summed E-state index contributed by atoms with van der Waals surface area (Å²) in [5.74, 6) is -1.03. The standard InChI is InChI=1S/C11H12ClFN2O/c1-3-4-7(2)15-11(16)9-5-8(13)6-14-10(9)12/h3,5-7H,1,4H2,2H3,(H,15,16). The van der Waals surface area contributed by atoms with Crippen LogP contribution in [0.5, 0.6) is 0 Å². The van der Waals surface area contributed by atoms with Crippen molar-refractivity contribution in [3.8, 4) is 0 Å². The van der Waals surface area contributed by atoms with Gasteiger partial charge in [-0.15, -0.1) is 6.58 Å².